The zero-order valence-electron chi connectivity index (χ0n) is 18.2. The van der Waals surface area contributed by atoms with Gasteiger partial charge in [-0.05, 0) is 77.8 Å². The van der Waals surface area contributed by atoms with Gasteiger partial charge in [0.25, 0.3) is 0 Å². The molecule has 1 aliphatic rings. The number of aliphatic hydroxyl groups is 1. The van der Waals surface area contributed by atoms with Crippen LogP contribution in [0.25, 0.3) is 11.1 Å². The molecule has 0 saturated carbocycles. The molecule has 5 heteroatoms. The van der Waals surface area contributed by atoms with E-state index in [0.29, 0.717) is 10.6 Å². The molecule has 3 aromatic rings. The van der Waals surface area contributed by atoms with Gasteiger partial charge in [0.2, 0.25) is 0 Å². The lowest BCUT2D eigenvalue weighted by Crippen LogP contribution is -2.36. The van der Waals surface area contributed by atoms with E-state index in [-0.39, 0.29) is 5.92 Å². The molecule has 0 bridgehead atoms. The first-order valence-electron chi connectivity index (χ1n) is 11.1. The van der Waals surface area contributed by atoms with Crippen molar-refractivity contribution in [1.29, 1.82) is 0 Å². The Kier molecular flexibility index (Phi) is 6.83. The van der Waals surface area contributed by atoms with Crippen LogP contribution >= 0.6 is 11.6 Å². The number of nitrogens with zero attached hydrogens (tertiary/aromatic N) is 1. The Morgan fingerprint density at radius 1 is 1.06 bits per heavy atom. The second kappa shape index (κ2) is 9.76. The average molecular weight is 450 g/mol. The van der Waals surface area contributed by atoms with Gasteiger partial charge in [-0.1, -0.05) is 54.9 Å². The zero-order chi connectivity index (χ0) is 22.7. The van der Waals surface area contributed by atoms with Crippen LogP contribution in [0.15, 0.2) is 66.7 Å². The van der Waals surface area contributed by atoms with Gasteiger partial charge < -0.3 is 15.1 Å². The first-order chi connectivity index (χ1) is 15.5. The minimum atomic E-state index is -0.896. The Morgan fingerprint density at radius 3 is 2.41 bits per heavy atom. The van der Waals surface area contributed by atoms with Gasteiger partial charge in [-0.25, -0.2) is 4.79 Å². The number of benzene rings is 3. The first kappa shape index (κ1) is 22.4. The first-order valence-corrected chi connectivity index (χ1v) is 11.5. The number of aliphatic hydroxyl groups excluding tert-OH is 1. The van der Waals surface area contributed by atoms with Crippen LogP contribution in [-0.2, 0) is 6.42 Å². The molecule has 0 aliphatic carbocycles. The Morgan fingerprint density at radius 2 is 1.75 bits per heavy atom. The summed E-state index contributed by atoms with van der Waals surface area (Å²) < 4.78 is 0. The number of carboxylic acids is 1. The van der Waals surface area contributed by atoms with Gasteiger partial charge in [0.15, 0.2) is 0 Å². The number of aryl methyl sites for hydroxylation is 1. The van der Waals surface area contributed by atoms with Gasteiger partial charge in [0.05, 0.1) is 11.7 Å². The van der Waals surface area contributed by atoms with Crippen molar-refractivity contribution in [2.75, 3.05) is 18.0 Å². The fourth-order valence-electron chi connectivity index (χ4n) is 4.67. The third-order valence-corrected chi connectivity index (χ3v) is 6.72. The highest BCUT2D eigenvalue weighted by molar-refractivity contribution is 6.30. The molecule has 1 fully saturated rings. The lowest BCUT2D eigenvalue weighted by molar-refractivity contribution is 0.0696. The third-order valence-electron chi connectivity index (χ3n) is 6.47. The molecule has 1 unspecified atom stereocenters. The lowest BCUT2D eigenvalue weighted by atomic mass is 9.84. The summed E-state index contributed by atoms with van der Waals surface area (Å²) in [4.78, 5) is 13.6. The minimum Gasteiger partial charge on any atom is -0.478 e. The van der Waals surface area contributed by atoms with Crippen molar-refractivity contribution >= 4 is 23.3 Å². The molecule has 1 saturated heterocycles. The molecule has 2 N–H and O–H groups in total. The molecule has 1 heterocycles. The fourth-order valence-corrected chi connectivity index (χ4v) is 4.79. The number of carboxylic acid groups (broad SMARTS) is 1. The largest absolute Gasteiger partial charge is 0.478 e. The second-order valence-corrected chi connectivity index (χ2v) is 8.80. The van der Waals surface area contributed by atoms with E-state index in [4.69, 9.17) is 11.6 Å². The fraction of sp³-hybridized carbons (Fsp3) is 0.296. The van der Waals surface area contributed by atoms with Crippen LogP contribution in [0.4, 0.5) is 5.69 Å². The van der Waals surface area contributed by atoms with Crippen molar-refractivity contribution in [3.8, 4) is 11.1 Å². The molecule has 3 aromatic carbocycles. The maximum atomic E-state index is 11.3. The van der Waals surface area contributed by atoms with Crippen LogP contribution in [0.3, 0.4) is 0 Å². The van der Waals surface area contributed by atoms with Crippen molar-refractivity contribution in [1.82, 2.24) is 0 Å². The molecule has 0 radical (unpaired) electrons. The average Bonchev–Trinajstić information content (AvgIpc) is 2.83. The van der Waals surface area contributed by atoms with Crippen molar-refractivity contribution in [3.05, 3.63) is 88.4 Å². The normalized spacial score (nSPS) is 15.5. The van der Waals surface area contributed by atoms with Crippen LogP contribution in [0.2, 0.25) is 5.02 Å². The minimum absolute atomic E-state index is 0.170. The van der Waals surface area contributed by atoms with Crippen LogP contribution in [0, 0.1) is 5.92 Å². The number of hydrogen-bond acceptors (Lipinski definition) is 3. The summed E-state index contributed by atoms with van der Waals surface area (Å²) in [5.74, 6) is -0.726. The van der Waals surface area contributed by atoms with Gasteiger partial charge in [0.1, 0.15) is 0 Å². The van der Waals surface area contributed by atoms with Gasteiger partial charge in [0, 0.05) is 23.8 Å². The predicted octanol–water partition coefficient (Wildman–Crippen LogP) is 6.22. The molecular formula is C27H28ClNO3. The summed E-state index contributed by atoms with van der Waals surface area (Å²) in [7, 11) is 0. The van der Waals surface area contributed by atoms with E-state index in [2.05, 4.69) is 17.9 Å². The second-order valence-electron chi connectivity index (χ2n) is 8.37. The SMILES string of the molecule is CCc1cc(C(=O)O)ccc1N1CCC(C(O)c2ccccc2-c2ccc(Cl)cc2)CC1. The smallest absolute Gasteiger partial charge is 0.335 e. The Balaban J connectivity index is 1.50. The highest BCUT2D eigenvalue weighted by atomic mass is 35.5. The maximum absolute atomic E-state index is 11.3. The number of hydrogen-bond donors (Lipinski definition) is 2. The van der Waals surface area contributed by atoms with Crippen LogP contribution in [0.5, 0.6) is 0 Å². The molecule has 4 rings (SSSR count). The Bertz CT molecular complexity index is 1090. The molecule has 0 spiro atoms. The molecular weight excluding hydrogens is 422 g/mol. The quantitative estimate of drug-likeness (QED) is 0.469. The summed E-state index contributed by atoms with van der Waals surface area (Å²) in [6, 6.07) is 21.2. The summed E-state index contributed by atoms with van der Waals surface area (Å²) in [5.41, 5.74) is 5.52. The van der Waals surface area contributed by atoms with Crippen LogP contribution in [0.1, 0.15) is 47.4 Å². The predicted molar refractivity (Wildman–Crippen MR) is 130 cm³/mol. The monoisotopic (exact) mass is 449 g/mol. The van der Waals surface area contributed by atoms with Crippen molar-refractivity contribution in [2.45, 2.75) is 32.3 Å². The van der Waals surface area contributed by atoms with Gasteiger partial charge in [-0.2, -0.15) is 0 Å². The summed E-state index contributed by atoms with van der Waals surface area (Å²) in [6.45, 7) is 3.73. The number of piperidine rings is 1. The lowest BCUT2D eigenvalue weighted by Gasteiger charge is -2.37. The number of rotatable bonds is 6. The highest BCUT2D eigenvalue weighted by Gasteiger charge is 2.28. The summed E-state index contributed by atoms with van der Waals surface area (Å²) >= 11 is 6.05. The van der Waals surface area contributed by atoms with Crippen LogP contribution < -0.4 is 4.90 Å². The van der Waals surface area contributed by atoms with Crippen molar-refractivity contribution in [3.63, 3.8) is 0 Å². The number of carbonyl (C=O) groups is 1. The number of aromatic carboxylic acids is 1. The molecule has 32 heavy (non-hydrogen) atoms. The van der Waals surface area contributed by atoms with E-state index >= 15 is 0 Å². The molecule has 1 atom stereocenters. The van der Waals surface area contributed by atoms with Crippen molar-refractivity contribution < 1.29 is 15.0 Å². The standard InChI is InChI=1S/C27H28ClNO3/c1-2-18-17-21(27(31)32)9-12-25(18)29-15-13-20(14-16-29)26(30)24-6-4-3-5-23(24)19-7-10-22(28)11-8-19/h3-12,17,20,26,30H,2,13-16H2,1H3,(H,31,32). The van der Waals surface area contributed by atoms with E-state index in [1.165, 1.54) is 0 Å². The Labute approximate surface area is 194 Å². The van der Waals surface area contributed by atoms with Gasteiger partial charge in [-0.3, -0.25) is 0 Å². The molecule has 166 valence electrons. The maximum Gasteiger partial charge on any atom is 0.335 e. The van der Waals surface area contributed by atoms with E-state index in [0.717, 1.165) is 60.3 Å². The van der Waals surface area contributed by atoms with Gasteiger partial charge in [-0.15, -0.1) is 0 Å². The summed E-state index contributed by atoms with van der Waals surface area (Å²) in [5, 5.41) is 21.3. The highest BCUT2D eigenvalue weighted by Crippen LogP contribution is 2.38. The molecule has 0 amide bonds. The van der Waals surface area contributed by atoms with E-state index in [9.17, 15) is 15.0 Å². The molecule has 1 aliphatic heterocycles. The van der Waals surface area contributed by atoms with Gasteiger partial charge >= 0.3 is 5.97 Å². The van der Waals surface area contributed by atoms with E-state index in [1.54, 1.807) is 12.1 Å². The summed E-state index contributed by atoms with van der Waals surface area (Å²) in [6.07, 6.45) is 2.00. The molecule has 0 aromatic heterocycles. The molecule has 4 nitrogen and oxygen atoms in total. The Hall–Kier alpha value is -2.82. The van der Waals surface area contributed by atoms with E-state index < -0.39 is 12.1 Å². The topological polar surface area (TPSA) is 60.8 Å². The number of halogens is 1. The number of anilines is 1. The van der Waals surface area contributed by atoms with Crippen molar-refractivity contribution in [2.24, 2.45) is 5.92 Å². The van der Waals surface area contributed by atoms with Crippen LogP contribution in [-0.4, -0.2) is 29.3 Å². The van der Waals surface area contributed by atoms with E-state index in [1.807, 2.05) is 48.5 Å². The third kappa shape index (κ3) is 4.67. The zero-order valence-corrected chi connectivity index (χ0v) is 18.9.